The second kappa shape index (κ2) is 25.8. The van der Waals surface area contributed by atoms with Gasteiger partial charge in [0.05, 0.1) is 46.2 Å². The van der Waals surface area contributed by atoms with Crippen LogP contribution in [0.25, 0.3) is 0 Å². The van der Waals surface area contributed by atoms with E-state index in [9.17, 15) is 143 Å². The molecule has 0 amide bonds. The van der Waals surface area contributed by atoms with Crippen LogP contribution in [0.4, 0.5) is 0 Å². The maximum absolute atomic E-state index is 14.6. The first kappa shape index (κ1) is 65.7. The van der Waals surface area contributed by atoms with Gasteiger partial charge in [0.1, 0.15) is 183 Å². The number of hydrogen-bond donors (Lipinski definition) is 28. The molecule has 0 aromatic heterocycles. The predicted molar refractivity (Wildman–Crippen MR) is 234 cm³/mol. The topological polar surface area (TPSA) is 640 Å². The van der Waals surface area contributed by atoms with Gasteiger partial charge in [0.25, 0.3) is 0 Å². The molecular formula is C42H74O36. The standard InChI is InChI=1S/C42H74O36/c43-1-8(50)33(69)40(70,34-27(63)21(57)15(51)9(2-44)71-34)42(37-30(66)24(60)18(54)12(5-47)74-37,78-39-32(68)26(62)20(56)14(7-49)76-39)41(35-28(64)22(58)16(52)10(3-45)72-35,36-29(65)23(59)17(53)11(4-46)73-36)77-38-31(67)25(61)19(55)13(6-48)75-38/h8-39,43-70H,1-7H2/t8-,9-,10-,11-,12-,13-,14-,15-,16-,17-,18-,19-,20-,21+,22+,23+,24+,25+,26+,27-,28-,29-,30-,31-,32-,33-,34-,35-,36-,37-,38+,39+,40-,42+/m1/s1. The lowest BCUT2D eigenvalue weighted by Gasteiger charge is -2.70. The second-order valence-corrected chi connectivity index (χ2v) is 20.2. The van der Waals surface area contributed by atoms with Crippen LogP contribution in [0, 0.1) is 0 Å². The van der Waals surface area contributed by atoms with Gasteiger partial charge in [-0.1, -0.05) is 0 Å². The number of ether oxygens (including phenoxy) is 8. The smallest absolute Gasteiger partial charge is 0.187 e. The highest BCUT2D eigenvalue weighted by atomic mass is 16.8. The highest BCUT2D eigenvalue weighted by molar-refractivity contribution is 5.33. The van der Waals surface area contributed by atoms with Gasteiger partial charge >= 0.3 is 0 Å². The van der Waals surface area contributed by atoms with Crippen LogP contribution in [0.15, 0.2) is 0 Å². The molecule has 6 rings (SSSR count). The molecule has 0 aromatic rings. The van der Waals surface area contributed by atoms with Gasteiger partial charge < -0.3 is 181 Å². The Labute approximate surface area is 439 Å². The summed E-state index contributed by atoms with van der Waals surface area (Å²) in [4.78, 5) is 0. The van der Waals surface area contributed by atoms with Crippen LogP contribution in [0.1, 0.15) is 0 Å². The van der Waals surface area contributed by atoms with Crippen molar-refractivity contribution in [3.05, 3.63) is 0 Å². The van der Waals surface area contributed by atoms with Gasteiger partial charge in [0.2, 0.25) is 0 Å². The molecule has 28 N–H and O–H groups in total. The first-order valence-electron chi connectivity index (χ1n) is 24.4. The van der Waals surface area contributed by atoms with E-state index in [0.717, 1.165) is 0 Å². The van der Waals surface area contributed by atoms with Crippen LogP contribution in [-0.4, -0.2) is 402 Å². The molecule has 0 radical (unpaired) electrons. The van der Waals surface area contributed by atoms with Crippen molar-refractivity contribution in [1.82, 2.24) is 0 Å². The van der Waals surface area contributed by atoms with Crippen LogP contribution in [0.3, 0.4) is 0 Å². The van der Waals surface area contributed by atoms with Crippen molar-refractivity contribution in [3.63, 3.8) is 0 Å². The summed E-state index contributed by atoms with van der Waals surface area (Å²) in [6.07, 6.45) is -93.5. The van der Waals surface area contributed by atoms with E-state index in [2.05, 4.69) is 0 Å². The van der Waals surface area contributed by atoms with Crippen molar-refractivity contribution >= 4 is 0 Å². The molecular weight excluding hydrogens is 1080 g/mol. The van der Waals surface area contributed by atoms with Gasteiger partial charge in [-0.25, -0.2) is 0 Å². The van der Waals surface area contributed by atoms with Crippen LogP contribution in [0.2, 0.25) is 0 Å². The summed E-state index contributed by atoms with van der Waals surface area (Å²) >= 11 is 0. The zero-order valence-corrected chi connectivity index (χ0v) is 40.7. The van der Waals surface area contributed by atoms with Crippen molar-refractivity contribution in [3.8, 4) is 0 Å². The molecule has 0 aromatic carbocycles. The minimum absolute atomic E-state index is 1.42. The van der Waals surface area contributed by atoms with Crippen molar-refractivity contribution in [2.45, 2.75) is 213 Å². The van der Waals surface area contributed by atoms with Gasteiger partial charge in [-0.2, -0.15) is 0 Å². The third kappa shape index (κ3) is 10.7. The maximum Gasteiger partial charge on any atom is 0.187 e. The number of hydrogen-bond acceptors (Lipinski definition) is 36. The summed E-state index contributed by atoms with van der Waals surface area (Å²) in [6.45, 7) is -11.1. The Bertz CT molecular complexity index is 1840. The molecule has 0 bridgehead atoms. The van der Waals surface area contributed by atoms with E-state index in [4.69, 9.17) is 37.9 Å². The molecule has 458 valence electrons. The molecule has 0 spiro atoms. The minimum Gasteiger partial charge on any atom is -0.394 e. The Balaban J connectivity index is 2.02. The fraction of sp³-hybridized carbons (Fsp3) is 1.00. The fourth-order valence-corrected chi connectivity index (χ4v) is 11.3. The highest BCUT2D eigenvalue weighted by Gasteiger charge is 2.86. The van der Waals surface area contributed by atoms with Gasteiger partial charge in [-0.05, 0) is 0 Å². The van der Waals surface area contributed by atoms with Crippen LogP contribution < -0.4 is 0 Å². The third-order valence-corrected chi connectivity index (χ3v) is 15.7. The third-order valence-electron chi connectivity index (χ3n) is 15.7. The van der Waals surface area contributed by atoms with E-state index < -0.39 is 259 Å². The zero-order chi connectivity index (χ0) is 58.6. The fourth-order valence-electron chi connectivity index (χ4n) is 11.3. The minimum atomic E-state index is -5.02. The lowest BCUT2D eigenvalue weighted by atomic mass is 9.53. The maximum atomic E-state index is 14.6. The molecule has 36 nitrogen and oxygen atoms in total. The van der Waals surface area contributed by atoms with E-state index in [1.54, 1.807) is 0 Å². The Kier molecular flexibility index (Phi) is 21.7. The summed E-state index contributed by atoms with van der Waals surface area (Å²) in [6, 6.07) is 0. The molecule has 0 aliphatic carbocycles. The highest BCUT2D eigenvalue weighted by Crippen LogP contribution is 2.59. The van der Waals surface area contributed by atoms with Crippen LogP contribution in [0.5, 0.6) is 0 Å². The summed E-state index contributed by atoms with van der Waals surface area (Å²) in [5.41, 5.74) is -14.7. The molecule has 78 heavy (non-hydrogen) atoms. The molecule has 0 unspecified atom stereocenters. The molecule has 6 saturated heterocycles. The van der Waals surface area contributed by atoms with Gasteiger partial charge in [-0.3, -0.25) is 0 Å². The molecule has 6 fully saturated rings. The SMILES string of the molecule is OC[C@@H](O)[C@@H](O)[C@@](O)([C@@H]1O[C@H](CO)[C@@H](O)[C@H](O)[C@H]1O)[C@@](O[C@@H]1O[C@H](CO)[C@@H](O)[C@H](O)[C@H]1O)([C@@H]1O[C@H](CO)[C@@H](O)[C@H](O)[C@H]1O)C(O[C@@H]1O[C@H](CO)[C@@H](O)[C@H](O)[C@H]1O)([C@@H]1O[C@H](CO)[C@@H](O)[C@H](O)[C@H]1O)[C@@H]1O[C@H](CO)[C@@H](O)[C@H](O)[C@H]1O. The molecule has 6 aliphatic heterocycles. The average Bonchev–Trinajstić information content (AvgIpc) is 3.24. The summed E-state index contributed by atoms with van der Waals surface area (Å²) in [7, 11) is 0. The summed E-state index contributed by atoms with van der Waals surface area (Å²) in [5.74, 6) is 0. The van der Waals surface area contributed by atoms with Gasteiger partial charge in [-0.15, -0.1) is 0 Å². The van der Waals surface area contributed by atoms with Crippen LogP contribution in [-0.2, 0) is 37.9 Å². The normalized spacial score (nSPS) is 50.3. The number of aliphatic hydroxyl groups excluding tert-OH is 27. The molecule has 36 heteroatoms. The van der Waals surface area contributed by atoms with E-state index in [0.29, 0.717) is 0 Å². The molecule has 0 saturated carbocycles. The second-order valence-electron chi connectivity index (χ2n) is 20.2. The Morgan fingerprint density at radius 1 is 0.308 bits per heavy atom. The first-order chi connectivity index (χ1) is 36.6. The Morgan fingerprint density at radius 2 is 0.564 bits per heavy atom. The number of rotatable bonds is 19. The monoisotopic (exact) mass is 1150 g/mol. The van der Waals surface area contributed by atoms with Gasteiger partial charge in [0.15, 0.2) is 29.4 Å². The molecule has 6 heterocycles. The first-order valence-corrected chi connectivity index (χ1v) is 24.4. The summed E-state index contributed by atoms with van der Waals surface area (Å²) < 4.78 is 48.2. The van der Waals surface area contributed by atoms with Crippen molar-refractivity contribution in [2.75, 3.05) is 46.2 Å². The van der Waals surface area contributed by atoms with Gasteiger partial charge in [0, 0.05) is 0 Å². The summed E-state index contributed by atoms with van der Waals surface area (Å²) in [5, 5.41) is 324. The number of aliphatic hydroxyl groups is 28. The van der Waals surface area contributed by atoms with E-state index >= 15 is 0 Å². The average molecular weight is 1160 g/mol. The molecule has 34 atom stereocenters. The Morgan fingerprint density at radius 3 is 0.885 bits per heavy atom. The molecule has 6 aliphatic rings. The van der Waals surface area contributed by atoms with Crippen molar-refractivity contribution in [2.24, 2.45) is 0 Å². The van der Waals surface area contributed by atoms with E-state index in [-0.39, 0.29) is 0 Å². The van der Waals surface area contributed by atoms with E-state index in [1.165, 1.54) is 0 Å². The van der Waals surface area contributed by atoms with Crippen molar-refractivity contribution in [1.29, 1.82) is 0 Å². The predicted octanol–water partition coefficient (Wildman–Crippen LogP) is -19.1. The quantitative estimate of drug-likeness (QED) is 0.0571. The van der Waals surface area contributed by atoms with Crippen molar-refractivity contribution < 1.29 is 181 Å². The lowest BCUT2D eigenvalue weighted by molar-refractivity contribution is -0.487. The lowest BCUT2D eigenvalue weighted by Crippen LogP contribution is -2.94. The zero-order valence-electron chi connectivity index (χ0n) is 40.7. The van der Waals surface area contributed by atoms with E-state index in [1.807, 2.05) is 0 Å². The Hall–Kier alpha value is -1.44. The largest absolute Gasteiger partial charge is 0.394 e. The van der Waals surface area contributed by atoms with Crippen LogP contribution >= 0.6 is 0 Å².